The van der Waals surface area contributed by atoms with Crippen LogP contribution in [-0.4, -0.2) is 11.3 Å². The van der Waals surface area contributed by atoms with Gasteiger partial charge >= 0.3 is 12.4 Å². The van der Waals surface area contributed by atoms with Gasteiger partial charge in [-0.15, -0.1) is 0 Å². The molecule has 0 N–H and O–H groups in total. The zero-order chi connectivity index (χ0) is 34.4. The van der Waals surface area contributed by atoms with Crippen LogP contribution >= 0.6 is 15.8 Å². The van der Waals surface area contributed by atoms with Crippen molar-refractivity contribution in [1.82, 2.24) is 0 Å². The maximum absolute atomic E-state index is 14.2. The SMILES string of the molecule is Cc1cc(P(c2cc(C)cc(C(F)(F)F)c2)C2CCCC2[C@H](C)P(c2c(C)cccc2C)c2c(C)cccc2C)cc(C(F)(F)F)c1. The summed E-state index contributed by atoms with van der Waals surface area (Å²) in [5.41, 5.74) is 4.33. The molecule has 1 saturated carbocycles. The number of halogens is 6. The Balaban J connectivity index is 1.73. The van der Waals surface area contributed by atoms with E-state index in [-0.39, 0.29) is 17.2 Å². The van der Waals surface area contributed by atoms with Crippen LogP contribution in [0.1, 0.15) is 70.7 Å². The highest BCUT2D eigenvalue weighted by molar-refractivity contribution is 7.75. The van der Waals surface area contributed by atoms with E-state index >= 15 is 0 Å². The lowest BCUT2D eigenvalue weighted by Crippen LogP contribution is -2.35. The van der Waals surface area contributed by atoms with E-state index in [2.05, 4.69) is 71.0 Å². The maximum atomic E-state index is 14.2. The topological polar surface area (TPSA) is 0 Å². The second kappa shape index (κ2) is 13.7. The zero-order valence-corrected chi connectivity index (χ0v) is 29.7. The average molecular weight is 687 g/mol. The van der Waals surface area contributed by atoms with Gasteiger partial charge in [0.2, 0.25) is 0 Å². The molecule has 2 unspecified atom stereocenters. The smallest absolute Gasteiger partial charge is 0.166 e. The predicted molar refractivity (Wildman–Crippen MR) is 187 cm³/mol. The zero-order valence-electron chi connectivity index (χ0n) is 27.9. The van der Waals surface area contributed by atoms with Crippen LogP contribution in [0.3, 0.4) is 0 Å². The first-order valence-electron chi connectivity index (χ1n) is 16.1. The number of hydrogen-bond donors (Lipinski definition) is 0. The van der Waals surface area contributed by atoms with E-state index in [1.54, 1.807) is 26.0 Å². The standard InChI is InChI=1S/C39H42F6P2/c1-23-17-30(38(40,41)42)21-32(19-23)47(33-20-24(2)18-31(22-33)39(43,44)45)35-16-10-15-34(35)29(7)46(36-25(3)11-8-12-26(36)4)37-27(5)13-9-14-28(37)6/h8-9,11-14,17-22,29,34-35H,10,15-16H2,1-7H3/t29-,34?,35?/m0/s1. The second-order valence-corrected chi connectivity index (χ2v) is 18.1. The minimum atomic E-state index is -4.56. The first kappa shape index (κ1) is 35.6. The van der Waals surface area contributed by atoms with Gasteiger partial charge in [0.15, 0.2) is 0 Å². The Morgan fingerprint density at radius 2 is 1.00 bits per heavy atom. The molecule has 3 atom stereocenters. The molecule has 0 amide bonds. The van der Waals surface area contributed by atoms with E-state index in [0.717, 1.165) is 31.4 Å². The lowest BCUT2D eigenvalue weighted by Gasteiger charge is -2.39. The second-order valence-electron chi connectivity index (χ2n) is 13.2. The predicted octanol–water partition coefficient (Wildman–Crippen LogP) is 10.7. The molecule has 1 fully saturated rings. The first-order chi connectivity index (χ1) is 22.0. The molecule has 1 aliphatic carbocycles. The summed E-state index contributed by atoms with van der Waals surface area (Å²) in [5, 5.41) is 3.65. The van der Waals surface area contributed by atoms with Crippen LogP contribution in [0.25, 0.3) is 0 Å². The number of aryl methyl sites for hydroxylation is 6. The molecule has 4 aromatic rings. The van der Waals surface area contributed by atoms with Gasteiger partial charge in [0.25, 0.3) is 0 Å². The Morgan fingerprint density at radius 1 is 0.596 bits per heavy atom. The molecular formula is C39H42F6P2. The van der Waals surface area contributed by atoms with Gasteiger partial charge in [-0.25, -0.2) is 0 Å². The molecule has 0 nitrogen and oxygen atoms in total. The van der Waals surface area contributed by atoms with Crippen molar-refractivity contribution in [2.75, 3.05) is 0 Å². The fourth-order valence-electron chi connectivity index (χ4n) is 7.60. The number of alkyl halides is 6. The summed E-state index contributed by atoms with van der Waals surface area (Å²) < 4.78 is 85.0. The van der Waals surface area contributed by atoms with Gasteiger partial charge in [0, 0.05) is 0 Å². The third kappa shape index (κ3) is 7.50. The van der Waals surface area contributed by atoms with Crippen LogP contribution in [0.4, 0.5) is 26.3 Å². The van der Waals surface area contributed by atoms with E-state index in [4.69, 9.17) is 0 Å². The summed E-state index contributed by atoms with van der Waals surface area (Å²) in [6.45, 7) is 14.2. The van der Waals surface area contributed by atoms with Crippen molar-refractivity contribution in [3.63, 3.8) is 0 Å². The summed E-state index contributed by atoms with van der Waals surface area (Å²) in [6, 6.07) is 20.9. The van der Waals surface area contributed by atoms with E-state index in [9.17, 15) is 26.3 Å². The summed E-state index contributed by atoms with van der Waals surface area (Å²) in [5.74, 6) is 0.106. The Hall–Kier alpha value is -2.68. The van der Waals surface area contributed by atoms with Gasteiger partial charge in [-0.3, -0.25) is 0 Å². The van der Waals surface area contributed by atoms with E-state index < -0.39 is 39.3 Å². The number of benzene rings is 4. The molecule has 5 rings (SSSR count). The van der Waals surface area contributed by atoms with Crippen LogP contribution in [0.2, 0.25) is 0 Å². The van der Waals surface area contributed by atoms with Gasteiger partial charge < -0.3 is 0 Å². The molecule has 0 bridgehead atoms. The Morgan fingerprint density at radius 3 is 1.38 bits per heavy atom. The van der Waals surface area contributed by atoms with Crippen LogP contribution in [0.5, 0.6) is 0 Å². The van der Waals surface area contributed by atoms with Crippen molar-refractivity contribution in [2.24, 2.45) is 5.92 Å². The van der Waals surface area contributed by atoms with Crippen molar-refractivity contribution in [1.29, 1.82) is 0 Å². The number of hydrogen-bond acceptors (Lipinski definition) is 0. The van der Waals surface area contributed by atoms with Crippen molar-refractivity contribution in [2.45, 2.75) is 91.4 Å². The molecule has 47 heavy (non-hydrogen) atoms. The highest BCUT2D eigenvalue weighted by Crippen LogP contribution is 2.58. The third-order valence-corrected chi connectivity index (χ3v) is 16.1. The average Bonchev–Trinajstić information content (AvgIpc) is 3.44. The minimum Gasteiger partial charge on any atom is -0.166 e. The van der Waals surface area contributed by atoms with Crippen molar-refractivity contribution >= 4 is 37.1 Å². The lowest BCUT2D eigenvalue weighted by molar-refractivity contribution is -0.138. The Kier molecular flexibility index (Phi) is 10.4. The van der Waals surface area contributed by atoms with E-state index in [1.807, 2.05) is 0 Å². The maximum Gasteiger partial charge on any atom is 0.416 e. The minimum absolute atomic E-state index is 0.0792. The van der Waals surface area contributed by atoms with Gasteiger partial charge in [0.1, 0.15) is 0 Å². The highest BCUT2D eigenvalue weighted by Gasteiger charge is 2.43. The summed E-state index contributed by atoms with van der Waals surface area (Å²) in [7, 11) is -2.47. The molecule has 0 aromatic heterocycles. The number of rotatable bonds is 7. The summed E-state index contributed by atoms with van der Waals surface area (Å²) in [6.07, 6.45) is -6.60. The van der Waals surface area contributed by atoms with Gasteiger partial charge in [-0.05, 0) is 166 Å². The molecule has 0 aliphatic heterocycles. The summed E-state index contributed by atoms with van der Waals surface area (Å²) >= 11 is 0. The molecule has 0 saturated heterocycles. The summed E-state index contributed by atoms with van der Waals surface area (Å²) in [4.78, 5) is 0. The quantitative estimate of drug-likeness (QED) is 0.134. The van der Waals surface area contributed by atoms with E-state index in [1.165, 1.54) is 45.0 Å². The van der Waals surface area contributed by atoms with Gasteiger partial charge in [0.05, 0.1) is 11.1 Å². The van der Waals surface area contributed by atoms with Crippen LogP contribution in [-0.2, 0) is 12.4 Å². The highest BCUT2D eigenvalue weighted by atomic mass is 31.1. The lowest BCUT2D eigenvalue weighted by atomic mass is 10.0. The van der Waals surface area contributed by atoms with Crippen molar-refractivity contribution in [3.8, 4) is 0 Å². The van der Waals surface area contributed by atoms with Crippen molar-refractivity contribution in [3.05, 3.63) is 117 Å². The first-order valence-corrected chi connectivity index (χ1v) is 18.9. The molecule has 4 aromatic carbocycles. The molecule has 1 aliphatic rings. The van der Waals surface area contributed by atoms with E-state index in [0.29, 0.717) is 21.7 Å². The van der Waals surface area contributed by atoms with Gasteiger partial charge in [-0.2, -0.15) is 26.3 Å². The molecule has 250 valence electrons. The molecule has 0 radical (unpaired) electrons. The van der Waals surface area contributed by atoms with Crippen LogP contribution in [0, 0.1) is 47.5 Å². The molecule has 0 heterocycles. The largest absolute Gasteiger partial charge is 0.416 e. The Labute approximate surface area is 277 Å². The fraction of sp³-hybridized carbons (Fsp3) is 0.385. The van der Waals surface area contributed by atoms with Gasteiger partial charge in [-0.1, -0.05) is 61.9 Å². The third-order valence-electron chi connectivity index (χ3n) is 9.59. The van der Waals surface area contributed by atoms with Crippen LogP contribution < -0.4 is 21.2 Å². The van der Waals surface area contributed by atoms with Crippen molar-refractivity contribution < 1.29 is 26.3 Å². The molecule has 8 heteroatoms. The molecular weight excluding hydrogens is 644 g/mol. The van der Waals surface area contributed by atoms with Crippen LogP contribution in [0.15, 0.2) is 72.8 Å². The molecule has 0 spiro atoms. The monoisotopic (exact) mass is 686 g/mol. The normalized spacial score (nSPS) is 17.9. The Bertz CT molecular complexity index is 1600. The fourth-order valence-corrected chi connectivity index (χ4v) is 14.9.